The second kappa shape index (κ2) is 5.16. The Morgan fingerprint density at radius 3 is 2.56 bits per heavy atom. The quantitative estimate of drug-likeness (QED) is 0.593. The third kappa shape index (κ3) is 2.63. The summed E-state index contributed by atoms with van der Waals surface area (Å²) in [4.78, 5) is 26.7. The van der Waals surface area contributed by atoms with Gasteiger partial charge in [-0.25, -0.2) is 4.79 Å². The zero-order valence-electron chi connectivity index (χ0n) is 9.28. The molecule has 0 unspecified atom stereocenters. The second-order valence-electron chi connectivity index (χ2n) is 3.97. The van der Waals surface area contributed by atoms with Crippen LogP contribution in [0.3, 0.4) is 0 Å². The molecule has 0 aromatic heterocycles. The molecular formula is C10H17N3O3. The summed E-state index contributed by atoms with van der Waals surface area (Å²) in [6.45, 7) is 4.18. The Bertz CT molecular complexity index is 276. The number of hydrogen-bond acceptors (Lipinski definition) is 3. The van der Waals surface area contributed by atoms with Crippen molar-refractivity contribution < 1.29 is 14.3 Å². The number of morpholine rings is 1. The highest BCUT2D eigenvalue weighted by atomic mass is 16.5. The van der Waals surface area contributed by atoms with Gasteiger partial charge < -0.3 is 19.9 Å². The van der Waals surface area contributed by atoms with Crippen LogP contribution in [0.2, 0.25) is 0 Å². The number of amides is 3. The molecule has 0 atom stereocenters. The monoisotopic (exact) mass is 227 g/mol. The van der Waals surface area contributed by atoms with E-state index >= 15 is 0 Å². The van der Waals surface area contributed by atoms with E-state index in [4.69, 9.17) is 4.74 Å². The maximum Gasteiger partial charge on any atom is 0.320 e. The summed E-state index contributed by atoms with van der Waals surface area (Å²) < 4.78 is 5.20. The summed E-state index contributed by atoms with van der Waals surface area (Å²) in [6, 6.07) is 0.0276. The van der Waals surface area contributed by atoms with E-state index in [9.17, 15) is 9.59 Å². The second-order valence-corrected chi connectivity index (χ2v) is 3.97. The first-order valence-corrected chi connectivity index (χ1v) is 5.65. The van der Waals surface area contributed by atoms with Crippen LogP contribution in [0.5, 0.6) is 0 Å². The smallest absolute Gasteiger partial charge is 0.320 e. The fourth-order valence-electron chi connectivity index (χ4n) is 1.91. The Balaban J connectivity index is 1.89. The first kappa shape index (κ1) is 11.2. The van der Waals surface area contributed by atoms with Gasteiger partial charge >= 0.3 is 6.03 Å². The highest BCUT2D eigenvalue weighted by Crippen LogP contribution is 2.05. The van der Waals surface area contributed by atoms with Crippen LogP contribution in [0.25, 0.3) is 0 Å². The minimum atomic E-state index is 0.0253. The first-order valence-electron chi connectivity index (χ1n) is 5.65. The molecule has 0 spiro atoms. The lowest BCUT2D eigenvalue weighted by molar-refractivity contribution is -0.120. The van der Waals surface area contributed by atoms with E-state index in [0.29, 0.717) is 52.4 Å². The topological polar surface area (TPSA) is 61.9 Å². The zero-order valence-corrected chi connectivity index (χ0v) is 9.28. The van der Waals surface area contributed by atoms with Gasteiger partial charge in [0.2, 0.25) is 5.91 Å². The molecule has 90 valence electrons. The van der Waals surface area contributed by atoms with E-state index < -0.39 is 0 Å². The number of nitrogens with one attached hydrogen (secondary N) is 1. The Hall–Kier alpha value is -1.30. The van der Waals surface area contributed by atoms with Crippen molar-refractivity contribution in [3.8, 4) is 0 Å². The molecule has 16 heavy (non-hydrogen) atoms. The van der Waals surface area contributed by atoms with Gasteiger partial charge in [-0.1, -0.05) is 0 Å². The molecule has 2 fully saturated rings. The maximum absolute atomic E-state index is 12.1. The van der Waals surface area contributed by atoms with Crippen molar-refractivity contribution in [3.05, 3.63) is 0 Å². The van der Waals surface area contributed by atoms with E-state index in [1.807, 2.05) is 0 Å². The lowest BCUT2D eigenvalue weighted by Crippen LogP contribution is -2.49. The van der Waals surface area contributed by atoms with Gasteiger partial charge in [0.25, 0.3) is 0 Å². The molecule has 2 rings (SSSR count). The SMILES string of the molecule is O=C1CCN(C(=O)N2CCOCC2)CCN1. The average Bonchev–Trinajstić information content (AvgIpc) is 2.54. The van der Waals surface area contributed by atoms with Crippen molar-refractivity contribution in [2.24, 2.45) is 0 Å². The van der Waals surface area contributed by atoms with Gasteiger partial charge in [-0.2, -0.15) is 0 Å². The van der Waals surface area contributed by atoms with Crippen LogP contribution >= 0.6 is 0 Å². The zero-order chi connectivity index (χ0) is 11.4. The van der Waals surface area contributed by atoms with Crippen molar-refractivity contribution >= 4 is 11.9 Å². The average molecular weight is 227 g/mol. The Labute approximate surface area is 94.5 Å². The van der Waals surface area contributed by atoms with Crippen LogP contribution < -0.4 is 5.32 Å². The highest BCUT2D eigenvalue weighted by Gasteiger charge is 2.24. The van der Waals surface area contributed by atoms with Crippen LogP contribution in [-0.2, 0) is 9.53 Å². The van der Waals surface area contributed by atoms with Crippen LogP contribution in [0, 0.1) is 0 Å². The van der Waals surface area contributed by atoms with Gasteiger partial charge in [-0.15, -0.1) is 0 Å². The van der Waals surface area contributed by atoms with Crippen LogP contribution in [-0.4, -0.2) is 67.7 Å². The number of ether oxygens (including phenoxy) is 1. The molecule has 6 nitrogen and oxygen atoms in total. The third-order valence-corrected chi connectivity index (χ3v) is 2.86. The highest BCUT2D eigenvalue weighted by molar-refractivity contribution is 5.79. The van der Waals surface area contributed by atoms with Gasteiger partial charge in [-0.3, -0.25) is 4.79 Å². The van der Waals surface area contributed by atoms with Gasteiger partial charge in [0.15, 0.2) is 0 Å². The predicted octanol–water partition coefficient (Wildman–Crippen LogP) is -0.739. The Kier molecular flexibility index (Phi) is 3.61. The lowest BCUT2D eigenvalue weighted by Gasteiger charge is -2.32. The van der Waals surface area contributed by atoms with E-state index in [2.05, 4.69) is 5.32 Å². The molecule has 2 aliphatic rings. The Morgan fingerprint density at radius 2 is 1.81 bits per heavy atom. The molecule has 0 aliphatic carbocycles. The molecule has 2 aliphatic heterocycles. The Morgan fingerprint density at radius 1 is 1.12 bits per heavy atom. The molecular weight excluding hydrogens is 210 g/mol. The fourth-order valence-corrected chi connectivity index (χ4v) is 1.91. The summed E-state index contributed by atoms with van der Waals surface area (Å²) in [5.41, 5.74) is 0. The van der Waals surface area contributed by atoms with Crippen LogP contribution in [0.4, 0.5) is 4.79 Å². The number of nitrogens with zero attached hydrogens (tertiary/aromatic N) is 2. The molecule has 0 aromatic carbocycles. The number of carbonyl (C=O) groups is 2. The number of urea groups is 1. The van der Waals surface area contributed by atoms with Crippen LogP contribution in [0.15, 0.2) is 0 Å². The van der Waals surface area contributed by atoms with Crippen molar-refractivity contribution in [1.82, 2.24) is 15.1 Å². The molecule has 0 saturated carbocycles. The molecule has 0 bridgehead atoms. The molecule has 1 N–H and O–H groups in total. The minimum Gasteiger partial charge on any atom is -0.378 e. The number of hydrogen-bond donors (Lipinski definition) is 1. The molecule has 0 radical (unpaired) electrons. The number of rotatable bonds is 0. The van der Waals surface area contributed by atoms with Crippen LogP contribution in [0.1, 0.15) is 6.42 Å². The summed E-state index contributed by atoms with van der Waals surface area (Å²) in [7, 11) is 0. The third-order valence-electron chi connectivity index (χ3n) is 2.86. The maximum atomic E-state index is 12.1. The summed E-state index contributed by atoms with van der Waals surface area (Å²) >= 11 is 0. The molecule has 0 aromatic rings. The molecule has 3 amide bonds. The summed E-state index contributed by atoms with van der Waals surface area (Å²) in [5, 5.41) is 2.76. The lowest BCUT2D eigenvalue weighted by atomic mass is 10.4. The summed E-state index contributed by atoms with van der Waals surface area (Å²) in [6.07, 6.45) is 0.399. The van der Waals surface area contributed by atoms with E-state index in [0.717, 1.165) is 0 Å². The van der Waals surface area contributed by atoms with Gasteiger partial charge in [0.1, 0.15) is 0 Å². The minimum absolute atomic E-state index is 0.0253. The number of carbonyl (C=O) groups excluding carboxylic acids is 2. The largest absolute Gasteiger partial charge is 0.378 e. The normalized spacial score (nSPS) is 22.6. The summed E-state index contributed by atoms with van der Waals surface area (Å²) in [5.74, 6) is 0.0253. The molecule has 6 heteroatoms. The molecule has 2 saturated heterocycles. The van der Waals surface area contributed by atoms with Gasteiger partial charge in [0.05, 0.1) is 13.2 Å². The van der Waals surface area contributed by atoms with Crippen molar-refractivity contribution in [2.45, 2.75) is 6.42 Å². The van der Waals surface area contributed by atoms with Gasteiger partial charge in [0, 0.05) is 39.1 Å². The predicted molar refractivity (Wildman–Crippen MR) is 57.0 cm³/mol. The van der Waals surface area contributed by atoms with Crippen molar-refractivity contribution in [1.29, 1.82) is 0 Å². The fraction of sp³-hybridized carbons (Fsp3) is 0.800. The van der Waals surface area contributed by atoms with E-state index in [-0.39, 0.29) is 11.9 Å². The van der Waals surface area contributed by atoms with E-state index in [1.165, 1.54) is 0 Å². The van der Waals surface area contributed by atoms with Crippen molar-refractivity contribution in [3.63, 3.8) is 0 Å². The van der Waals surface area contributed by atoms with Crippen molar-refractivity contribution in [2.75, 3.05) is 45.9 Å². The standard InChI is InChI=1S/C10H17N3O3/c14-9-1-3-12(4-2-11-9)10(15)13-5-7-16-8-6-13/h1-8H2,(H,11,14). The van der Waals surface area contributed by atoms with E-state index in [1.54, 1.807) is 9.80 Å². The first-order chi connectivity index (χ1) is 7.77. The van der Waals surface area contributed by atoms with Gasteiger partial charge in [-0.05, 0) is 0 Å². The molecule has 2 heterocycles.